The standard InChI is InChI=1S/C18H17ClO2/c1-15-14-16(6-5-11-19)9-10-18(15)21-13-12-20-17-7-3-2-4-8-17/h2-4,7-10,14H,11-13H2,1H3. The first-order chi connectivity index (χ1) is 10.3. The van der Waals surface area contributed by atoms with Gasteiger partial charge >= 0.3 is 0 Å². The Kier molecular flexibility index (Phi) is 5.99. The maximum atomic E-state index is 5.72. The minimum absolute atomic E-state index is 0.341. The summed E-state index contributed by atoms with van der Waals surface area (Å²) in [7, 11) is 0. The quantitative estimate of drug-likeness (QED) is 0.471. The van der Waals surface area contributed by atoms with E-state index < -0.39 is 0 Å². The van der Waals surface area contributed by atoms with Gasteiger partial charge in [0, 0.05) is 5.56 Å². The molecule has 0 spiro atoms. The topological polar surface area (TPSA) is 18.5 Å². The van der Waals surface area contributed by atoms with Gasteiger partial charge in [-0.1, -0.05) is 30.0 Å². The van der Waals surface area contributed by atoms with Gasteiger partial charge < -0.3 is 9.47 Å². The van der Waals surface area contributed by atoms with E-state index in [-0.39, 0.29) is 0 Å². The van der Waals surface area contributed by atoms with Crippen LogP contribution in [0.25, 0.3) is 0 Å². The highest BCUT2D eigenvalue weighted by Crippen LogP contribution is 2.18. The minimum Gasteiger partial charge on any atom is -0.490 e. The number of alkyl halides is 1. The van der Waals surface area contributed by atoms with Crippen LogP contribution >= 0.6 is 11.6 Å². The highest BCUT2D eigenvalue weighted by Gasteiger charge is 2.00. The largest absolute Gasteiger partial charge is 0.490 e. The number of rotatable bonds is 5. The van der Waals surface area contributed by atoms with Crippen molar-refractivity contribution < 1.29 is 9.47 Å². The van der Waals surface area contributed by atoms with E-state index >= 15 is 0 Å². The molecule has 2 aromatic carbocycles. The summed E-state index contributed by atoms with van der Waals surface area (Å²) in [5.41, 5.74) is 2.00. The predicted molar refractivity (Wildman–Crippen MR) is 86.2 cm³/mol. The fourth-order valence-corrected chi connectivity index (χ4v) is 1.92. The molecule has 0 fully saturated rings. The first-order valence-electron chi connectivity index (χ1n) is 6.76. The lowest BCUT2D eigenvalue weighted by Crippen LogP contribution is -2.09. The molecule has 0 amide bonds. The van der Waals surface area contributed by atoms with Gasteiger partial charge in [0.2, 0.25) is 0 Å². The van der Waals surface area contributed by atoms with Crippen molar-refractivity contribution in [3.8, 4) is 23.3 Å². The van der Waals surface area contributed by atoms with Crippen molar-refractivity contribution in [3.63, 3.8) is 0 Å². The molecule has 0 unspecified atom stereocenters. The third-order valence-electron chi connectivity index (χ3n) is 2.83. The zero-order chi connectivity index (χ0) is 14.9. The summed E-state index contributed by atoms with van der Waals surface area (Å²) in [6, 6.07) is 15.6. The van der Waals surface area contributed by atoms with Gasteiger partial charge in [-0.05, 0) is 42.8 Å². The highest BCUT2D eigenvalue weighted by atomic mass is 35.5. The van der Waals surface area contributed by atoms with Crippen molar-refractivity contribution in [1.82, 2.24) is 0 Å². The van der Waals surface area contributed by atoms with Gasteiger partial charge in [0.25, 0.3) is 0 Å². The van der Waals surface area contributed by atoms with E-state index in [2.05, 4.69) is 11.8 Å². The van der Waals surface area contributed by atoms with Crippen LogP contribution < -0.4 is 9.47 Å². The summed E-state index contributed by atoms with van der Waals surface area (Å²) in [5, 5.41) is 0. The molecule has 0 bridgehead atoms. The molecule has 0 aliphatic heterocycles. The molecule has 108 valence electrons. The van der Waals surface area contributed by atoms with Crippen molar-refractivity contribution in [1.29, 1.82) is 0 Å². The Hall–Kier alpha value is -2.11. The van der Waals surface area contributed by atoms with E-state index in [1.165, 1.54) is 0 Å². The zero-order valence-corrected chi connectivity index (χ0v) is 12.7. The average molecular weight is 301 g/mol. The number of benzene rings is 2. The molecule has 0 aromatic heterocycles. The summed E-state index contributed by atoms with van der Waals surface area (Å²) in [6.45, 7) is 3.01. The Morgan fingerprint density at radius 2 is 1.76 bits per heavy atom. The molecule has 0 radical (unpaired) electrons. The zero-order valence-electron chi connectivity index (χ0n) is 11.9. The summed E-state index contributed by atoms with van der Waals surface area (Å²) < 4.78 is 11.3. The van der Waals surface area contributed by atoms with E-state index in [0.717, 1.165) is 22.6 Å². The molecule has 3 heteroatoms. The van der Waals surface area contributed by atoms with E-state index in [0.29, 0.717) is 19.1 Å². The van der Waals surface area contributed by atoms with Crippen LogP contribution in [0.3, 0.4) is 0 Å². The van der Waals surface area contributed by atoms with Crippen LogP contribution in [0.5, 0.6) is 11.5 Å². The summed E-state index contributed by atoms with van der Waals surface area (Å²) in [5.74, 6) is 7.87. The second-order valence-corrected chi connectivity index (χ2v) is 4.69. The molecule has 2 nitrogen and oxygen atoms in total. The molecule has 2 rings (SSSR count). The number of hydrogen-bond acceptors (Lipinski definition) is 2. The monoisotopic (exact) mass is 300 g/mol. The number of aryl methyl sites for hydroxylation is 1. The highest BCUT2D eigenvalue weighted by molar-refractivity contribution is 6.19. The molecule has 0 aliphatic carbocycles. The van der Waals surface area contributed by atoms with E-state index in [1.807, 2.05) is 55.5 Å². The molecule has 0 saturated heterocycles. The number of halogens is 1. The Balaban J connectivity index is 1.83. The third-order valence-corrected chi connectivity index (χ3v) is 2.96. The Labute approximate surface area is 130 Å². The van der Waals surface area contributed by atoms with Gasteiger partial charge in [-0.15, -0.1) is 11.6 Å². The third kappa shape index (κ3) is 5.06. The van der Waals surface area contributed by atoms with Gasteiger partial charge in [0.05, 0.1) is 5.88 Å². The number of ether oxygens (including phenoxy) is 2. The van der Waals surface area contributed by atoms with Gasteiger partial charge in [-0.2, -0.15) is 0 Å². The van der Waals surface area contributed by atoms with Crippen LogP contribution in [-0.2, 0) is 0 Å². The summed E-state index contributed by atoms with van der Waals surface area (Å²) in [4.78, 5) is 0. The van der Waals surface area contributed by atoms with E-state index in [1.54, 1.807) is 0 Å². The SMILES string of the molecule is Cc1cc(C#CCCl)ccc1OCCOc1ccccc1. The predicted octanol–water partition coefficient (Wildman–Crippen LogP) is 4.04. The molecule has 0 saturated carbocycles. The van der Waals surface area contributed by atoms with Crippen LogP contribution in [0.15, 0.2) is 48.5 Å². The average Bonchev–Trinajstić information content (AvgIpc) is 2.52. The van der Waals surface area contributed by atoms with Crippen molar-refractivity contribution in [2.75, 3.05) is 19.1 Å². The molecule has 0 heterocycles. The normalized spacial score (nSPS) is 9.62. The Morgan fingerprint density at radius 1 is 1.00 bits per heavy atom. The van der Waals surface area contributed by atoms with Gasteiger partial charge in [0.1, 0.15) is 24.7 Å². The minimum atomic E-state index is 0.341. The summed E-state index contributed by atoms with van der Waals surface area (Å²) >= 11 is 5.55. The molecule has 0 atom stereocenters. The van der Waals surface area contributed by atoms with Gasteiger partial charge in [-0.25, -0.2) is 0 Å². The van der Waals surface area contributed by atoms with E-state index in [4.69, 9.17) is 21.1 Å². The molecule has 2 aromatic rings. The van der Waals surface area contributed by atoms with Crippen molar-refractivity contribution in [2.24, 2.45) is 0 Å². The first kappa shape index (κ1) is 15.3. The van der Waals surface area contributed by atoms with Gasteiger partial charge in [-0.3, -0.25) is 0 Å². The van der Waals surface area contributed by atoms with Gasteiger partial charge in [0.15, 0.2) is 0 Å². The lowest BCUT2D eigenvalue weighted by atomic mass is 10.1. The van der Waals surface area contributed by atoms with E-state index in [9.17, 15) is 0 Å². The van der Waals surface area contributed by atoms with Crippen LogP contribution in [0, 0.1) is 18.8 Å². The summed E-state index contributed by atoms with van der Waals surface area (Å²) in [6.07, 6.45) is 0. The fraction of sp³-hybridized carbons (Fsp3) is 0.222. The maximum absolute atomic E-state index is 5.72. The number of hydrogen-bond donors (Lipinski definition) is 0. The molecule has 21 heavy (non-hydrogen) atoms. The molecular formula is C18H17ClO2. The second-order valence-electron chi connectivity index (χ2n) is 4.43. The fourth-order valence-electron chi connectivity index (χ4n) is 1.85. The van der Waals surface area contributed by atoms with Crippen LogP contribution in [0.1, 0.15) is 11.1 Å². The van der Waals surface area contributed by atoms with Crippen LogP contribution in [0.4, 0.5) is 0 Å². The van der Waals surface area contributed by atoms with Crippen LogP contribution in [0.2, 0.25) is 0 Å². The Morgan fingerprint density at radius 3 is 2.48 bits per heavy atom. The number of para-hydroxylation sites is 1. The second kappa shape index (κ2) is 8.24. The molecule has 0 aliphatic rings. The first-order valence-corrected chi connectivity index (χ1v) is 7.29. The van der Waals surface area contributed by atoms with Crippen LogP contribution in [-0.4, -0.2) is 19.1 Å². The van der Waals surface area contributed by atoms with Crippen molar-refractivity contribution in [3.05, 3.63) is 59.7 Å². The lowest BCUT2D eigenvalue weighted by molar-refractivity contribution is 0.216. The Bertz CT molecular complexity index is 627. The molecule has 0 N–H and O–H groups in total. The molecular weight excluding hydrogens is 284 g/mol. The maximum Gasteiger partial charge on any atom is 0.122 e. The smallest absolute Gasteiger partial charge is 0.122 e. The van der Waals surface area contributed by atoms with Crippen molar-refractivity contribution in [2.45, 2.75) is 6.92 Å². The van der Waals surface area contributed by atoms with Crippen molar-refractivity contribution >= 4 is 11.6 Å². The lowest BCUT2D eigenvalue weighted by Gasteiger charge is -2.10.